The molecule has 5 heteroatoms. The first-order chi connectivity index (χ1) is 9.54. The SMILES string of the molecule is Cc1ccc(CC(C)NCc2cccc([N+](=O)[O-])c2)s1. The monoisotopic (exact) mass is 290 g/mol. The molecule has 0 fully saturated rings. The van der Waals surface area contributed by atoms with E-state index in [9.17, 15) is 10.1 Å². The van der Waals surface area contributed by atoms with Crippen LogP contribution in [0.2, 0.25) is 0 Å². The molecule has 0 spiro atoms. The van der Waals surface area contributed by atoms with Crippen LogP contribution >= 0.6 is 11.3 Å². The van der Waals surface area contributed by atoms with Crippen molar-refractivity contribution in [2.45, 2.75) is 32.9 Å². The fourth-order valence-electron chi connectivity index (χ4n) is 2.04. The Kier molecular flexibility index (Phi) is 4.87. The summed E-state index contributed by atoms with van der Waals surface area (Å²) >= 11 is 1.81. The number of nitrogens with zero attached hydrogens (tertiary/aromatic N) is 1. The van der Waals surface area contributed by atoms with E-state index in [1.54, 1.807) is 12.1 Å². The summed E-state index contributed by atoms with van der Waals surface area (Å²) in [5.41, 5.74) is 1.08. The van der Waals surface area contributed by atoms with E-state index in [-0.39, 0.29) is 10.6 Å². The van der Waals surface area contributed by atoms with E-state index in [0.717, 1.165) is 12.0 Å². The molecule has 0 bridgehead atoms. The molecule has 0 aliphatic rings. The molecule has 0 aliphatic carbocycles. The summed E-state index contributed by atoms with van der Waals surface area (Å²) in [6, 6.07) is 11.4. The number of rotatable bonds is 6. The maximum Gasteiger partial charge on any atom is 0.269 e. The molecule has 1 N–H and O–H groups in total. The Morgan fingerprint density at radius 2 is 2.15 bits per heavy atom. The lowest BCUT2D eigenvalue weighted by atomic mass is 10.1. The molecule has 106 valence electrons. The summed E-state index contributed by atoms with van der Waals surface area (Å²) in [6.07, 6.45) is 0.980. The van der Waals surface area contributed by atoms with E-state index in [4.69, 9.17) is 0 Å². The molecule has 1 heterocycles. The number of non-ortho nitro benzene ring substituents is 1. The van der Waals surface area contributed by atoms with Gasteiger partial charge in [0.05, 0.1) is 4.92 Å². The predicted octanol–water partition coefficient (Wildman–Crippen LogP) is 3.69. The number of aryl methyl sites for hydroxylation is 1. The molecule has 1 aromatic heterocycles. The van der Waals surface area contributed by atoms with Gasteiger partial charge in [0.2, 0.25) is 0 Å². The summed E-state index contributed by atoms with van der Waals surface area (Å²) in [7, 11) is 0. The molecule has 20 heavy (non-hydrogen) atoms. The van der Waals surface area contributed by atoms with Crippen molar-refractivity contribution in [1.29, 1.82) is 0 Å². The topological polar surface area (TPSA) is 55.2 Å². The second-order valence-corrected chi connectivity index (χ2v) is 6.30. The van der Waals surface area contributed by atoms with E-state index in [0.29, 0.717) is 12.6 Å². The molecule has 2 rings (SSSR count). The van der Waals surface area contributed by atoms with Gasteiger partial charge in [0.25, 0.3) is 5.69 Å². The number of benzene rings is 1. The van der Waals surface area contributed by atoms with Gasteiger partial charge in [-0.05, 0) is 38.0 Å². The number of thiophene rings is 1. The molecular weight excluding hydrogens is 272 g/mol. The van der Waals surface area contributed by atoms with Crippen molar-refractivity contribution in [2.75, 3.05) is 0 Å². The van der Waals surface area contributed by atoms with Crippen molar-refractivity contribution in [2.24, 2.45) is 0 Å². The summed E-state index contributed by atoms with van der Waals surface area (Å²) in [5, 5.41) is 14.1. The highest BCUT2D eigenvalue weighted by molar-refractivity contribution is 7.11. The van der Waals surface area contributed by atoms with Gasteiger partial charge < -0.3 is 5.32 Å². The molecule has 1 unspecified atom stereocenters. The van der Waals surface area contributed by atoms with Crippen LogP contribution in [0.15, 0.2) is 36.4 Å². The molecule has 0 saturated heterocycles. The zero-order chi connectivity index (χ0) is 14.5. The Labute approximate surface area is 122 Å². The first-order valence-corrected chi connectivity index (χ1v) is 7.38. The first kappa shape index (κ1) is 14.7. The maximum atomic E-state index is 10.7. The molecule has 0 saturated carbocycles. The maximum absolute atomic E-state index is 10.7. The van der Waals surface area contributed by atoms with E-state index in [2.05, 4.69) is 31.3 Å². The van der Waals surface area contributed by atoms with Crippen molar-refractivity contribution in [3.05, 3.63) is 61.8 Å². The first-order valence-electron chi connectivity index (χ1n) is 6.56. The number of nitro groups is 1. The van der Waals surface area contributed by atoms with E-state index < -0.39 is 0 Å². The van der Waals surface area contributed by atoms with Gasteiger partial charge in [0.1, 0.15) is 0 Å². The minimum Gasteiger partial charge on any atom is -0.310 e. The van der Waals surface area contributed by atoms with E-state index in [1.807, 2.05) is 17.4 Å². The number of nitrogens with one attached hydrogen (secondary N) is 1. The Balaban J connectivity index is 1.88. The minimum absolute atomic E-state index is 0.144. The average Bonchev–Trinajstić information content (AvgIpc) is 2.82. The van der Waals surface area contributed by atoms with Crippen LogP contribution in [0.3, 0.4) is 0 Å². The van der Waals surface area contributed by atoms with Crippen LogP contribution in [0.1, 0.15) is 22.2 Å². The van der Waals surface area contributed by atoms with Gasteiger partial charge >= 0.3 is 0 Å². The van der Waals surface area contributed by atoms with Gasteiger partial charge in [0.15, 0.2) is 0 Å². The van der Waals surface area contributed by atoms with Crippen LogP contribution in [0, 0.1) is 17.0 Å². The predicted molar refractivity (Wildman–Crippen MR) is 82.2 cm³/mol. The minimum atomic E-state index is -0.360. The fourth-order valence-corrected chi connectivity index (χ4v) is 3.06. The normalized spacial score (nSPS) is 12.3. The third kappa shape index (κ3) is 4.15. The largest absolute Gasteiger partial charge is 0.310 e. The highest BCUT2D eigenvalue weighted by atomic mass is 32.1. The quantitative estimate of drug-likeness (QED) is 0.652. The molecule has 1 atom stereocenters. The van der Waals surface area contributed by atoms with Crippen LogP contribution in [0.25, 0.3) is 0 Å². The lowest BCUT2D eigenvalue weighted by molar-refractivity contribution is -0.384. The smallest absolute Gasteiger partial charge is 0.269 e. The number of hydrogen-bond donors (Lipinski definition) is 1. The number of nitro benzene ring substituents is 1. The van der Waals surface area contributed by atoms with Gasteiger partial charge in [-0.3, -0.25) is 10.1 Å². The third-order valence-electron chi connectivity index (χ3n) is 3.08. The van der Waals surface area contributed by atoms with Crippen LogP contribution in [-0.4, -0.2) is 11.0 Å². The Morgan fingerprint density at radius 1 is 1.35 bits per heavy atom. The second-order valence-electron chi connectivity index (χ2n) is 4.93. The van der Waals surface area contributed by atoms with Gasteiger partial charge in [-0.2, -0.15) is 0 Å². The van der Waals surface area contributed by atoms with E-state index in [1.165, 1.54) is 15.8 Å². The third-order valence-corrected chi connectivity index (χ3v) is 4.10. The summed E-state index contributed by atoms with van der Waals surface area (Å²) in [6.45, 7) is 4.88. The summed E-state index contributed by atoms with van der Waals surface area (Å²) < 4.78 is 0. The van der Waals surface area contributed by atoms with Crippen molar-refractivity contribution >= 4 is 17.0 Å². The van der Waals surface area contributed by atoms with Crippen LogP contribution in [0.5, 0.6) is 0 Å². The second kappa shape index (κ2) is 6.63. The van der Waals surface area contributed by atoms with Gasteiger partial charge in [-0.25, -0.2) is 0 Å². The molecule has 1 aromatic carbocycles. The molecule has 0 amide bonds. The van der Waals surface area contributed by atoms with Gasteiger partial charge in [-0.15, -0.1) is 11.3 Å². The van der Waals surface area contributed by atoms with Gasteiger partial charge in [-0.1, -0.05) is 12.1 Å². The number of hydrogen-bond acceptors (Lipinski definition) is 4. The molecule has 0 aliphatic heterocycles. The van der Waals surface area contributed by atoms with Crippen LogP contribution in [0.4, 0.5) is 5.69 Å². The van der Waals surface area contributed by atoms with Crippen molar-refractivity contribution < 1.29 is 4.92 Å². The van der Waals surface area contributed by atoms with Crippen LogP contribution in [-0.2, 0) is 13.0 Å². The molecule has 4 nitrogen and oxygen atoms in total. The fraction of sp³-hybridized carbons (Fsp3) is 0.333. The van der Waals surface area contributed by atoms with E-state index >= 15 is 0 Å². The lowest BCUT2D eigenvalue weighted by Gasteiger charge is -2.12. The molecule has 0 radical (unpaired) electrons. The van der Waals surface area contributed by atoms with Gasteiger partial charge in [0, 0.05) is 34.5 Å². The average molecular weight is 290 g/mol. The molecular formula is C15H18N2O2S. The van der Waals surface area contributed by atoms with Crippen molar-refractivity contribution in [1.82, 2.24) is 5.32 Å². The summed E-state index contributed by atoms with van der Waals surface area (Å²) in [5.74, 6) is 0. The Morgan fingerprint density at radius 3 is 2.80 bits per heavy atom. The highest BCUT2D eigenvalue weighted by Gasteiger charge is 2.08. The van der Waals surface area contributed by atoms with Crippen molar-refractivity contribution in [3.63, 3.8) is 0 Å². The molecule has 2 aromatic rings. The van der Waals surface area contributed by atoms with Crippen molar-refractivity contribution in [3.8, 4) is 0 Å². The zero-order valence-corrected chi connectivity index (χ0v) is 12.4. The lowest BCUT2D eigenvalue weighted by Crippen LogP contribution is -2.27. The summed E-state index contributed by atoms with van der Waals surface area (Å²) in [4.78, 5) is 13.0. The zero-order valence-electron chi connectivity index (χ0n) is 11.6. The Bertz CT molecular complexity index is 595. The standard InChI is InChI=1S/C15H18N2O2S/c1-11(8-15-7-6-12(2)20-15)16-10-13-4-3-5-14(9-13)17(18)19/h3-7,9,11,16H,8,10H2,1-2H3. The van der Waals surface area contributed by atoms with Crippen LogP contribution < -0.4 is 5.32 Å². The Hall–Kier alpha value is -1.72. The highest BCUT2D eigenvalue weighted by Crippen LogP contribution is 2.17.